The number of carbonyl (C=O) groups excluding carboxylic acids is 2. The summed E-state index contributed by atoms with van der Waals surface area (Å²) in [6.07, 6.45) is 3.21. The van der Waals surface area contributed by atoms with Gasteiger partial charge in [-0.1, -0.05) is 13.8 Å². The lowest BCUT2D eigenvalue weighted by molar-refractivity contribution is -0.136. The number of rotatable bonds is 6. The van der Waals surface area contributed by atoms with Gasteiger partial charge in [0.2, 0.25) is 11.8 Å². The van der Waals surface area contributed by atoms with Gasteiger partial charge in [0.05, 0.1) is 0 Å². The molecule has 5 nitrogen and oxygen atoms in total. The lowest BCUT2D eigenvalue weighted by atomic mass is 10.0. The molecule has 0 aliphatic carbocycles. The molecule has 1 fully saturated rings. The van der Waals surface area contributed by atoms with E-state index in [1.54, 1.807) is 0 Å². The van der Waals surface area contributed by atoms with Crippen molar-refractivity contribution in [3.8, 4) is 0 Å². The summed E-state index contributed by atoms with van der Waals surface area (Å²) in [6, 6.07) is 0.239. The van der Waals surface area contributed by atoms with Crippen molar-refractivity contribution >= 4 is 11.8 Å². The number of hydrogen-bond donors (Lipinski definition) is 2. The highest BCUT2D eigenvalue weighted by Gasteiger charge is 2.26. The van der Waals surface area contributed by atoms with Gasteiger partial charge in [-0.25, -0.2) is 0 Å². The highest BCUT2D eigenvalue weighted by atomic mass is 16.2. The maximum absolute atomic E-state index is 12.1. The van der Waals surface area contributed by atoms with Crippen LogP contribution in [0.15, 0.2) is 0 Å². The molecule has 2 amide bonds. The first kappa shape index (κ1) is 16.0. The zero-order valence-corrected chi connectivity index (χ0v) is 12.4. The van der Waals surface area contributed by atoms with E-state index in [2.05, 4.69) is 10.6 Å². The highest BCUT2D eigenvalue weighted by Crippen LogP contribution is 2.13. The fourth-order valence-electron chi connectivity index (χ4n) is 2.48. The molecule has 1 heterocycles. The largest absolute Gasteiger partial charge is 0.353 e. The van der Waals surface area contributed by atoms with Crippen LogP contribution in [0.5, 0.6) is 0 Å². The van der Waals surface area contributed by atoms with Gasteiger partial charge in [0.15, 0.2) is 0 Å². The van der Waals surface area contributed by atoms with Crippen molar-refractivity contribution in [1.82, 2.24) is 15.5 Å². The monoisotopic (exact) mass is 269 g/mol. The number of nitrogens with zero attached hydrogens (tertiary/aromatic N) is 1. The molecule has 1 aliphatic heterocycles. The molecule has 110 valence electrons. The standard InChI is InChI=1S/C14H27N3O2/c1-4-5-13(18)16-12-6-8-17(9-7-12)14(19)11(2)10-15-3/h11-12,15H,4-10H2,1-3H3,(H,16,18). The fourth-order valence-corrected chi connectivity index (χ4v) is 2.48. The lowest BCUT2D eigenvalue weighted by Crippen LogP contribution is -2.48. The lowest BCUT2D eigenvalue weighted by Gasteiger charge is -2.34. The summed E-state index contributed by atoms with van der Waals surface area (Å²) in [6.45, 7) is 6.18. The molecule has 0 radical (unpaired) electrons. The normalized spacial score (nSPS) is 18.2. The average Bonchev–Trinajstić information content (AvgIpc) is 2.39. The van der Waals surface area contributed by atoms with Gasteiger partial charge >= 0.3 is 0 Å². The number of hydrogen-bond acceptors (Lipinski definition) is 3. The van der Waals surface area contributed by atoms with E-state index in [0.717, 1.165) is 32.4 Å². The highest BCUT2D eigenvalue weighted by molar-refractivity contribution is 5.79. The zero-order valence-electron chi connectivity index (χ0n) is 12.4. The van der Waals surface area contributed by atoms with E-state index in [1.807, 2.05) is 25.8 Å². The SMILES string of the molecule is CCCC(=O)NC1CCN(C(=O)C(C)CNC)CC1. The topological polar surface area (TPSA) is 61.4 Å². The van der Waals surface area contributed by atoms with Gasteiger partial charge in [-0.05, 0) is 26.3 Å². The number of piperidine rings is 1. The third-order valence-corrected chi connectivity index (χ3v) is 3.58. The molecule has 0 aromatic heterocycles. The number of likely N-dealkylation sites (tertiary alicyclic amines) is 1. The summed E-state index contributed by atoms with van der Waals surface area (Å²) in [7, 11) is 1.86. The van der Waals surface area contributed by atoms with Crippen LogP contribution in [-0.4, -0.2) is 49.4 Å². The summed E-state index contributed by atoms with van der Waals surface area (Å²) in [4.78, 5) is 25.6. The Labute approximate surface area is 116 Å². The van der Waals surface area contributed by atoms with Gasteiger partial charge in [0.1, 0.15) is 0 Å². The molecular formula is C14H27N3O2. The number of amides is 2. The number of nitrogens with one attached hydrogen (secondary N) is 2. The molecule has 0 aromatic rings. The van der Waals surface area contributed by atoms with Crippen LogP contribution in [0.4, 0.5) is 0 Å². The van der Waals surface area contributed by atoms with Crippen molar-refractivity contribution in [3.63, 3.8) is 0 Å². The molecular weight excluding hydrogens is 242 g/mol. The second-order valence-electron chi connectivity index (χ2n) is 5.38. The van der Waals surface area contributed by atoms with Gasteiger partial charge in [0, 0.05) is 38.0 Å². The third-order valence-electron chi connectivity index (χ3n) is 3.58. The summed E-state index contributed by atoms with van der Waals surface area (Å²) in [5.41, 5.74) is 0. The molecule has 19 heavy (non-hydrogen) atoms. The van der Waals surface area contributed by atoms with E-state index in [9.17, 15) is 9.59 Å². The Kier molecular flexibility index (Phi) is 6.84. The van der Waals surface area contributed by atoms with Gasteiger partial charge in [-0.3, -0.25) is 9.59 Å². The van der Waals surface area contributed by atoms with Gasteiger partial charge < -0.3 is 15.5 Å². The Hall–Kier alpha value is -1.10. The van der Waals surface area contributed by atoms with Crippen LogP contribution in [-0.2, 0) is 9.59 Å². The maximum Gasteiger partial charge on any atom is 0.226 e. The van der Waals surface area contributed by atoms with Crippen molar-refractivity contribution in [2.75, 3.05) is 26.7 Å². The molecule has 1 rings (SSSR count). The van der Waals surface area contributed by atoms with Crippen molar-refractivity contribution in [2.24, 2.45) is 5.92 Å². The molecule has 0 spiro atoms. The molecule has 1 atom stereocenters. The fraction of sp³-hybridized carbons (Fsp3) is 0.857. The van der Waals surface area contributed by atoms with E-state index in [-0.39, 0.29) is 23.8 Å². The van der Waals surface area contributed by atoms with Crippen LogP contribution in [0.3, 0.4) is 0 Å². The molecule has 1 aliphatic rings. The Bertz CT molecular complexity index is 299. The molecule has 1 saturated heterocycles. The van der Waals surface area contributed by atoms with E-state index < -0.39 is 0 Å². The maximum atomic E-state index is 12.1. The summed E-state index contributed by atoms with van der Waals surface area (Å²) >= 11 is 0. The van der Waals surface area contributed by atoms with E-state index in [0.29, 0.717) is 13.0 Å². The molecule has 0 aromatic carbocycles. The van der Waals surface area contributed by atoms with Crippen molar-refractivity contribution in [1.29, 1.82) is 0 Å². The van der Waals surface area contributed by atoms with Gasteiger partial charge in [-0.2, -0.15) is 0 Å². The van der Waals surface area contributed by atoms with Crippen LogP contribution < -0.4 is 10.6 Å². The van der Waals surface area contributed by atoms with E-state index >= 15 is 0 Å². The Morgan fingerprint density at radius 3 is 2.47 bits per heavy atom. The predicted octanol–water partition coefficient (Wildman–Crippen LogP) is 0.749. The second kappa shape index (κ2) is 8.15. The molecule has 2 N–H and O–H groups in total. The Morgan fingerprint density at radius 2 is 1.95 bits per heavy atom. The Balaban J connectivity index is 2.32. The first-order chi connectivity index (χ1) is 9.08. The Morgan fingerprint density at radius 1 is 1.32 bits per heavy atom. The van der Waals surface area contributed by atoms with Crippen LogP contribution >= 0.6 is 0 Å². The van der Waals surface area contributed by atoms with Gasteiger partial charge in [-0.15, -0.1) is 0 Å². The summed E-state index contributed by atoms with van der Waals surface area (Å²) in [5.74, 6) is 0.375. The van der Waals surface area contributed by atoms with Crippen LogP contribution in [0.1, 0.15) is 39.5 Å². The van der Waals surface area contributed by atoms with Crippen molar-refractivity contribution < 1.29 is 9.59 Å². The third kappa shape index (κ3) is 5.19. The second-order valence-corrected chi connectivity index (χ2v) is 5.38. The summed E-state index contributed by atoms with van der Waals surface area (Å²) in [5, 5.41) is 6.08. The summed E-state index contributed by atoms with van der Waals surface area (Å²) < 4.78 is 0. The minimum absolute atomic E-state index is 0.0243. The molecule has 1 unspecified atom stereocenters. The van der Waals surface area contributed by atoms with Crippen LogP contribution in [0, 0.1) is 5.92 Å². The quantitative estimate of drug-likeness (QED) is 0.748. The minimum atomic E-state index is 0.0243. The van der Waals surface area contributed by atoms with Crippen molar-refractivity contribution in [2.45, 2.75) is 45.6 Å². The van der Waals surface area contributed by atoms with E-state index in [1.165, 1.54) is 0 Å². The minimum Gasteiger partial charge on any atom is -0.353 e. The first-order valence-corrected chi connectivity index (χ1v) is 7.31. The smallest absolute Gasteiger partial charge is 0.226 e. The van der Waals surface area contributed by atoms with Gasteiger partial charge in [0.25, 0.3) is 0 Å². The number of carbonyl (C=O) groups is 2. The first-order valence-electron chi connectivity index (χ1n) is 7.31. The molecule has 5 heteroatoms. The van der Waals surface area contributed by atoms with Crippen LogP contribution in [0.2, 0.25) is 0 Å². The van der Waals surface area contributed by atoms with E-state index in [4.69, 9.17) is 0 Å². The predicted molar refractivity (Wildman–Crippen MR) is 75.7 cm³/mol. The zero-order chi connectivity index (χ0) is 14.3. The van der Waals surface area contributed by atoms with Crippen molar-refractivity contribution in [3.05, 3.63) is 0 Å². The molecule has 0 saturated carbocycles. The van der Waals surface area contributed by atoms with Crippen LogP contribution in [0.25, 0.3) is 0 Å². The molecule has 0 bridgehead atoms. The average molecular weight is 269 g/mol.